The minimum Gasteiger partial charge on any atom is -0.292 e. The van der Waals surface area contributed by atoms with Crippen LogP contribution in [0.2, 0.25) is 10.0 Å². The van der Waals surface area contributed by atoms with Crippen LogP contribution in [0.3, 0.4) is 0 Å². The molecule has 2 atom stereocenters. The van der Waals surface area contributed by atoms with Gasteiger partial charge in [0.15, 0.2) is 0 Å². The largest absolute Gasteiger partial charge is 0.292 e. The van der Waals surface area contributed by atoms with Crippen molar-refractivity contribution in [3.8, 4) is 0 Å². The summed E-state index contributed by atoms with van der Waals surface area (Å²) in [6.07, 6.45) is 0. The summed E-state index contributed by atoms with van der Waals surface area (Å²) >= 11 is 12.1. The van der Waals surface area contributed by atoms with Crippen LogP contribution < -0.4 is 0 Å². The second kappa shape index (κ2) is 9.91. The quantitative estimate of drug-likeness (QED) is 0.365. The van der Waals surface area contributed by atoms with Crippen LogP contribution in [0, 0.1) is 17.6 Å². The summed E-state index contributed by atoms with van der Waals surface area (Å²) in [5.74, 6) is -2.62. The molecular weight excluding hydrogens is 503 g/mol. The van der Waals surface area contributed by atoms with Gasteiger partial charge in [-0.25, -0.2) is 8.78 Å². The minimum absolute atomic E-state index is 0.156. The second-order valence-corrected chi connectivity index (χ2v) is 11.3. The summed E-state index contributed by atoms with van der Waals surface area (Å²) in [4.78, 5) is 2.15. The van der Waals surface area contributed by atoms with Crippen LogP contribution in [0.5, 0.6) is 0 Å². The van der Waals surface area contributed by atoms with E-state index in [1.807, 2.05) is 24.3 Å². The molecule has 4 nitrogen and oxygen atoms in total. The highest BCUT2D eigenvalue weighted by atomic mass is 35.5. The van der Waals surface area contributed by atoms with E-state index in [1.165, 1.54) is 6.92 Å². The SMILES string of the molecule is CC(C(c1cc(F)cc(F)c1)C1CN(C(c2ccc(Cl)cc2)c2ccc(Cl)cc2)C1)S(=O)(=O)O. The summed E-state index contributed by atoms with van der Waals surface area (Å²) in [7, 11) is -4.44. The average molecular weight is 526 g/mol. The van der Waals surface area contributed by atoms with Crippen molar-refractivity contribution in [2.75, 3.05) is 13.1 Å². The Kier molecular flexibility index (Phi) is 7.31. The summed E-state index contributed by atoms with van der Waals surface area (Å²) in [6, 6.07) is 17.8. The molecule has 0 spiro atoms. The number of nitrogens with zero attached hydrogens (tertiary/aromatic N) is 1. The number of benzene rings is 3. The third-order valence-corrected chi connectivity index (χ3v) is 8.16. The zero-order chi connectivity index (χ0) is 24.6. The fourth-order valence-corrected chi connectivity index (χ4v) is 5.77. The average Bonchev–Trinajstić information content (AvgIpc) is 2.72. The smallest absolute Gasteiger partial charge is 0.268 e. The van der Waals surface area contributed by atoms with Crippen molar-refractivity contribution in [1.82, 2.24) is 4.90 Å². The third-order valence-electron chi connectivity index (χ3n) is 6.43. The predicted molar refractivity (Wildman–Crippen MR) is 130 cm³/mol. The molecule has 34 heavy (non-hydrogen) atoms. The molecule has 4 rings (SSSR count). The summed E-state index contributed by atoms with van der Waals surface area (Å²) < 4.78 is 61.7. The van der Waals surface area contributed by atoms with Crippen LogP contribution >= 0.6 is 23.2 Å². The van der Waals surface area contributed by atoms with Gasteiger partial charge >= 0.3 is 0 Å². The zero-order valence-electron chi connectivity index (χ0n) is 18.2. The Bertz CT molecular complexity index is 1200. The number of rotatable bonds is 7. The lowest BCUT2D eigenvalue weighted by Crippen LogP contribution is -2.53. The van der Waals surface area contributed by atoms with Crippen molar-refractivity contribution >= 4 is 33.3 Å². The number of halogens is 4. The van der Waals surface area contributed by atoms with Gasteiger partial charge in [0, 0.05) is 35.1 Å². The summed E-state index contributed by atoms with van der Waals surface area (Å²) in [5.41, 5.74) is 2.18. The Morgan fingerprint density at radius 2 is 1.29 bits per heavy atom. The Morgan fingerprint density at radius 3 is 1.71 bits per heavy atom. The number of hydrogen-bond acceptors (Lipinski definition) is 3. The van der Waals surface area contributed by atoms with E-state index in [-0.39, 0.29) is 17.5 Å². The Morgan fingerprint density at radius 1 is 0.853 bits per heavy atom. The molecule has 1 N–H and O–H groups in total. The molecule has 1 aliphatic rings. The van der Waals surface area contributed by atoms with E-state index in [9.17, 15) is 21.8 Å². The molecule has 9 heteroatoms. The van der Waals surface area contributed by atoms with E-state index >= 15 is 0 Å². The lowest BCUT2D eigenvalue weighted by Gasteiger charge is -2.49. The number of likely N-dealkylation sites (tertiary alicyclic amines) is 1. The van der Waals surface area contributed by atoms with Crippen molar-refractivity contribution < 1.29 is 21.8 Å². The van der Waals surface area contributed by atoms with E-state index in [2.05, 4.69) is 4.90 Å². The van der Waals surface area contributed by atoms with Crippen molar-refractivity contribution in [2.45, 2.75) is 24.1 Å². The van der Waals surface area contributed by atoms with Crippen molar-refractivity contribution in [1.29, 1.82) is 0 Å². The van der Waals surface area contributed by atoms with Gasteiger partial charge in [0.1, 0.15) is 11.6 Å². The molecule has 180 valence electrons. The minimum atomic E-state index is -4.44. The monoisotopic (exact) mass is 525 g/mol. The van der Waals surface area contributed by atoms with Gasteiger partial charge in [0.05, 0.1) is 11.3 Å². The molecule has 0 aromatic heterocycles. The molecule has 1 saturated heterocycles. The Hall–Kier alpha value is -2.03. The van der Waals surface area contributed by atoms with Gasteiger partial charge in [-0.2, -0.15) is 8.42 Å². The van der Waals surface area contributed by atoms with Crippen molar-refractivity contribution in [2.24, 2.45) is 5.92 Å². The van der Waals surface area contributed by atoms with Gasteiger partial charge in [-0.15, -0.1) is 0 Å². The van der Waals surface area contributed by atoms with Crippen LogP contribution in [0.15, 0.2) is 66.7 Å². The maximum Gasteiger partial charge on any atom is 0.268 e. The molecule has 0 amide bonds. The van der Waals surface area contributed by atoms with Crippen molar-refractivity contribution in [3.05, 3.63) is 105 Å². The highest BCUT2D eigenvalue weighted by Crippen LogP contribution is 2.43. The first kappa shape index (κ1) is 25.1. The fraction of sp³-hybridized carbons (Fsp3) is 0.280. The van der Waals surface area contributed by atoms with Crippen LogP contribution in [0.1, 0.15) is 35.6 Å². The van der Waals surface area contributed by atoms with Gasteiger partial charge in [-0.3, -0.25) is 9.45 Å². The van der Waals surface area contributed by atoms with Gasteiger partial charge in [0.2, 0.25) is 0 Å². The Labute approximate surface area is 207 Å². The molecule has 2 unspecified atom stereocenters. The van der Waals surface area contributed by atoms with E-state index in [0.29, 0.717) is 23.1 Å². The molecule has 1 aliphatic heterocycles. The topological polar surface area (TPSA) is 57.6 Å². The van der Waals surface area contributed by atoms with Gasteiger partial charge in [-0.1, -0.05) is 47.5 Å². The van der Waals surface area contributed by atoms with Gasteiger partial charge in [-0.05, 0) is 65.9 Å². The van der Waals surface area contributed by atoms with E-state index in [4.69, 9.17) is 23.2 Å². The predicted octanol–water partition coefficient (Wildman–Crippen LogP) is 6.35. The molecule has 3 aromatic carbocycles. The first-order valence-electron chi connectivity index (χ1n) is 10.7. The van der Waals surface area contributed by atoms with Crippen LogP contribution in [-0.2, 0) is 10.1 Å². The molecule has 0 bridgehead atoms. The molecule has 1 fully saturated rings. The van der Waals surface area contributed by atoms with Crippen LogP contribution in [-0.4, -0.2) is 36.2 Å². The number of hydrogen-bond donors (Lipinski definition) is 1. The normalized spacial score (nSPS) is 16.9. The summed E-state index contributed by atoms with van der Waals surface area (Å²) in [5, 5.41) is -0.0177. The Balaban J connectivity index is 1.66. The molecular formula is C25H23Cl2F2NO3S. The fourth-order valence-electron chi connectivity index (χ4n) is 4.77. The van der Waals surface area contributed by atoms with Crippen molar-refractivity contribution in [3.63, 3.8) is 0 Å². The molecule has 0 aliphatic carbocycles. The molecule has 0 saturated carbocycles. The second-order valence-electron chi connectivity index (χ2n) is 8.67. The molecule has 0 radical (unpaired) electrons. The first-order chi connectivity index (χ1) is 16.0. The first-order valence-corrected chi connectivity index (χ1v) is 13.0. The lowest BCUT2D eigenvalue weighted by molar-refractivity contribution is 0.0506. The summed E-state index contributed by atoms with van der Waals surface area (Å²) in [6.45, 7) is 2.28. The van der Waals surface area contributed by atoms with Gasteiger partial charge in [0.25, 0.3) is 10.1 Å². The van der Waals surface area contributed by atoms with Crippen LogP contribution in [0.25, 0.3) is 0 Å². The zero-order valence-corrected chi connectivity index (χ0v) is 20.5. The highest BCUT2D eigenvalue weighted by Gasteiger charge is 2.44. The molecule has 1 heterocycles. The van der Waals surface area contributed by atoms with Crippen LogP contribution in [0.4, 0.5) is 8.78 Å². The highest BCUT2D eigenvalue weighted by molar-refractivity contribution is 7.86. The lowest BCUT2D eigenvalue weighted by atomic mass is 9.77. The molecule has 3 aromatic rings. The third kappa shape index (κ3) is 5.44. The van der Waals surface area contributed by atoms with Gasteiger partial charge < -0.3 is 0 Å². The van der Waals surface area contributed by atoms with E-state index < -0.39 is 32.9 Å². The van der Waals surface area contributed by atoms with E-state index in [0.717, 1.165) is 29.3 Å². The maximum atomic E-state index is 14.0. The maximum absolute atomic E-state index is 14.0. The standard InChI is InChI=1S/C25H23Cl2F2NO3S/c1-15(34(31,32)33)24(18-10-22(28)12-23(29)11-18)19-13-30(14-19)25(16-2-6-20(26)7-3-16)17-4-8-21(27)9-5-17/h2-12,15,19,24-25H,13-14H2,1H3,(H,31,32,33). The van der Waals surface area contributed by atoms with E-state index in [1.54, 1.807) is 24.3 Å².